The second-order valence-corrected chi connectivity index (χ2v) is 5.76. The second kappa shape index (κ2) is 5.29. The van der Waals surface area contributed by atoms with Gasteiger partial charge in [-0.25, -0.2) is 4.79 Å². The van der Waals surface area contributed by atoms with Gasteiger partial charge in [0.25, 0.3) is 0 Å². The molecule has 0 aliphatic heterocycles. The first-order valence-corrected chi connectivity index (χ1v) is 6.08. The van der Waals surface area contributed by atoms with Crippen molar-refractivity contribution in [2.45, 2.75) is 27.7 Å². The van der Waals surface area contributed by atoms with Gasteiger partial charge >= 0.3 is 5.97 Å². The number of nitrogens with two attached hydrogens (primary N) is 1. The topological polar surface area (TPSA) is 75.3 Å². The zero-order chi connectivity index (χ0) is 13.9. The van der Waals surface area contributed by atoms with Crippen molar-refractivity contribution < 1.29 is 9.90 Å². The molecule has 18 heavy (non-hydrogen) atoms. The van der Waals surface area contributed by atoms with Gasteiger partial charge in [-0.3, -0.25) is 0 Å². The summed E-state index contributed by atoms with van der Waals surface area (Å²) in [5, 5.41) is 12.2. The van der Waals surface area contributed by atoms with Crippen LogP contribution in [-0.4, -0.2) is 17.6 Å². The summed E-state index contributed by atoms with van der Waals surface area (Å²) in [4.78, 5) is 11.0. The van der Waals surface area contributed by atoms with Crippen molar-refractivity contribution in [3.63, 3.8) is 0 Å². The predicted molar refractivity (Wildman–Crippen MR) is 74.9 cm³/mol. The molecule has 1 atom stereocenters. The van der Waals surface area contributed by atoms with E-state index in [9.17, 15) is 4.79 Å². The second-order valence-electron chi connectivity index (χ2n) is 5.76. The highest BCUT2D eigenvalue weighted by Gasteiger charge is 2.19. The van der Waals surface area contributed by atoms with Crippen LogP contribution in [0.25, 0.3) is 0 Å². The Balaban J connectivity index is 2.75. The third kappa shape index (κ3) is 3.65. The molecule has 4 heteroatoms. The molecule has 0 fully saturated rings. The van der Waals surface area contributed by atoms with Crippen LogP contribution in [0.2, 0.25) is 0 Å². The van der Waals surface area contributed by atoms with Gasteiger partial charge in [0.1, 0.15) is 0 Å². The van der Waals surface area contributed by atoms with E-state index in [4.69, 9.17) is 10.8 Å². The Kier molecular flexibility index (Phi) is 4.22. The Morgan fingerprint density at radius 3 is 2.56 bits per heavy atom. The molecule has 4 nitrogen and oxygen atoms in total. The number of carbonyl (C=O) groups is 1. The summed E-state index contributed by atoms with van der Waals surface area (Å²) in [6.07, 6.45) is 0. The summed E-state index contributed by atoms with van der Waals surface area (Å²) in [6, 6.07) is 5.00. The van der Waals surface area contributed by atoms with E-state index in [0.29, 0.717) is 5.92 Å². The molecule has 0 radical (unpaired) electrons. The van der Waals surface area contributed by atoms with Crippen molar-refractivity contribution in [3.05, 3.63) is 23.8 Å². The summed E-state index contributed by atoms with van der Waals surface area (Å²) in [7, 11) is 0. The van der Waals surface area contributed by atoms with E-state index >= 15 is 0 Å². The molecule has 0 aliphatic carbocycles. The van der Waals surface area contributed by atoms with Crippen LogP contribution in [0.3, 0.4) is 0 Å². The molecule has 0 bridgehead atoms. The average molecular weight is 250 g/mol. The predicted octanol–water partition coefficient (Wildman–Crippen LogP) is 3.06. The molecule has 0 aromatic heterocycles. The highest BCUT2D eigenvalue weighted by atomic mass is 16.4. The summed E-state index contributed by atoms with van der Waals surface area (Å²) in [6.45, 7) is 9.52. The molecule has 0 saturated carbocycles. The number of hydrogen-bond donors (Lipinski definition) is 3. The Bertz CT molecular complexity index is 436. The molecule has 1 rings (SSSR count). The third-order valence-corrected chi connectivity index (χ3v) is 3.37. The molecule has 0 spiro atoms. The van der Waals surface area contributed by atoms with Crippen LogP contribution in [0.1, 0.15) is 38.1 Å². The first-order valence-electron chi connectivity index (χ1n) is 6.08. The minimum absolute atomic E-state index is 0.142. The highest BCUT2D eigenvalue weighted by Crippen LogP contribution is 2.26. The average Bonchev–Trinajstić information content (AvgIpc) is 2.25. The van der Waals surface area contributed by atoms with Crippen molar-refractivity contribution in [1.82, 2.24) is 0 Å². The van der Waals surface area contributed by atoms with Gasteiger partial charge < -0.3 is 16.2 Å². The van der Waals surface area contributed by atoms with Crippen molar-refractivity contribution in [2.24, 2.45) is 11.3 Å². The SMILES string of the molecule is CC(CNc1ccc(N)c(C(=O)O)c1)C(C)(C)C. The highest BCUT2D eigenvalue weighted by molar-refractivity contribution is 5.94. The Labute approximate surface area is 108 Å². The fourth-order valence-corrected chi connectivity index (χ4v) is 1.43. The van der Waals surface area contributed by atoms with Crippen molar-refractivity contribution in [3.8, 4) is 0 Å². The minimum Gasteiger partial charge on any atom is -0.478 e. The van der Waals surface area contributed by atoms with E-state index in [0.717, 1.165) is 12.2 Å². The number of rotatable bonds is 4. The zero-order valence-electron chi connectivity index (χ0n) is 11.4. The summed E-state index contributed by atoms with van der Waals surface area (Å²) < 4.78 is 0. The number of carboxylic acids is 1. The van der Waals surface area contributed by atoms with Crippen molar-refractivity contribution >= 4 is 17.3 Å². The maximum atomic E-state index is 11.0. The molecule has 0 saturated heterocycles. The fourth-order valence-electron chi connectivity index (χ4n) is 1.43. The standard InChI is InChI=1S/C14H22N2O2/c1-9(14(2,3)4)8-16-10-5-6-12(15)11(7-10)13(17)18/h5-7,9,16H,8,15H2,1-4H3,(H,17,18). The molecule has 0 amide bonds. The van der Waals surface area contributed by atoms with E-state index in [1.165, 1.54) is 0 Å². The number of nitrogen functional groups attached to an aromatic ring is 1. The van der Waals surface area contributed by atoms with Crippen LogP contribution in [0.15, 0.2) is 18.2 Å². The quantitative estimate of drug-likeness (QED) is 0.718. The van der Waals surface area contributed by atoms with E-state index < -0.39 is 5.97 Å². The van der Waals surface area contributed by atoms with Gasteiger partial charge in [0, 0.05) is 17.9 Å². The maximum absolute atomic E-state index is 11.0. The number of carboxylic acid groups (broad SMARTS) is 1. The van der Waals surface area contributed by atoms with Crippen LogP contribution in [0.4, 0.5) is 11.4 Å². The lowest BCUT2D eigenvalue weighted by Crippen LogP contribution is -2.24. The molecule has 100 valence electrons. The van der Waals surface area contributed by atoms with E-state index in [2.05, 4.69) is 33.0 Å². The van der Waals surface area contributed by atoms with Gasteiger partial charge in [-0.05, 0) is 29.5 Å². The van der Waals surface area contributed by atoms with Gasteiger partial charge in [0.15, 0.2) is 0 Å². The Hall–Kier alpha value is -1.71. The third-order valence-electron chi connectivity index (χ3n) is 3.37. The normalized spacial score (nSPS) is 13.1. The van der Waals surface area contributed by atoms with E-state index in [1.54, 1.807) is 18.2 Å². The monoisotopic (exact) mass is 250 g/mol. The number of anilines is 2. The minimum atomic E-state index is -1.000. The van der Waals surface area contributed by atoms with Crippen LogP contribution in [0, 0.1) is 11.3 Å². The molecular weight excluding hydrogens is 228 g/mol. The lowest BCUT2D eigenvalue weighted by atomic mass is 9.82. The van der Waals surface area contributed by atoms with Gasteiger partial charge in [-0.15, -0.1) is 0 Å². The van der Waals surface area contributed by atoms with Crippen LogP contribution in [0.5, 0.6) is 0 Å². The van der Waals surface area contributed by atoms with Gasteiger partial charge in [0.2, 0.25) is 0 Å². The molecule has 1 aromatic carbocycles. The fraction of sp³-hybridized carbons (Fsp3) is 0.500. The van der Waals surface area contributed by atoms with Gasteiger partial charge in [0.05, 0.1) is 5.56 Å². The maximum Gasteiger partial charge on any atom is 0.337 e. The van der Waals surface area contributed by atoms with Crippen LogP contribution < -0.4 is 11.1 Å². The molecule has 0 aliphatic rings. The Morgan fingerprint density at radius 1 is 1.44 bits per heavy atom. The van der Waals surface area contributed by atoms with Crippen molar-refractivity contribution in [1.29, 1.82) is 0 Å². The molecule has 1 aromatic rings. The summed E-state index contributed by atoms with van der Waals surface area (Å²) in [5.41, 5.74) is 7.05. The molecule has 4 N–H and O–H groups in total. The number of benzene rings is 1. The number of aromatic carboxylic acids is 1. The first-order chi connectivity index (χ1) is 8.21. The largest absolute Gasteiger partial charge is 0.478 e. The molecule has 0 heterocycles. The lowest BCUT2D eigenvalue weighted by Gasteiger charge is -2.27. The molecular formula is C14H22N2O2. The molecule has 1 unspecified atom stereocenters. The van der Waals surface area contributed by atoms with E-state index in [-0.39, 0.29) is 16.7 Å². The summed E-state index contributed by atoms with van der Waals surface area (Å²) >= 11 is 0. The Morgan fingerprint density at radius 2 is 2.06 bits per heavy atom. The number of hydrogen-bond acceptors (Lipinski definition) is 3. The number of nitrogens with one attached hydrogen (secondary N) is 1. The van der Waals surface area contributed by atoms with Crippen molar-refractivity contribution in [2.75, 3.05) is 17.6 Å². The first kappa shape index (κ1) is 14.4. The van der Waals surface area contributed by atoms with Gasteiger partial charge in [-0.2, -0.15) is 0 Å². The summed E-state index contributed by atoms with van der Waals surface area (Å²) in [5.74, 6) is -0.525. The van der Waals surface area contributed by atoms with Gasteiger partial charge in [-0.1, -0.05) is 27.7 Å². The zero-order valence-corrected chi connectivity index (χ0v) is 11.4. The van der Waals surface area contributed by atoms with Crippen LogP contribution >= 0.6 is 0 Å². The van der Waals surface area contributed by atoms with Crippen LogP contribution in [-0.2, 0) is 0 Å². The smallest absolute Gasteiger partial charge is 0.337 e. The van der Waals surface area contributed by atoms with E-state index in [1.807, 2.05) is 0 Å². The lowest BCUT2D eigenvalue weighted by molar-refractivity contribution is 0.0698.